The Morgan fingerprint density at radius 1 is 1.17 bits per heavy atom. The number of anilines is 1. The summed E-state index contributed by atoms with van der Waals surface area (Å²) in [5.41, 5.74) is 0.988. The second-order valence-corrected chi connectivity index (χ2v) is 7.41. The lowest BCUT2D eigenvalue weighted by atomic mass is 10.0. The summed E-state index contributed by atoms with van der Waals surface area (Å²) in [6, 6.07) is 8.13. The van der Waals surface area contributed by atoms with Crippen molar-refractivity contribution in [1.82, 2.24) is 0 Å². The molecule has 0 unspecified atom stereocenters. The molecule has 7 heteroatoms. The number of carbonyl (C=O) groups excluding carboxylic acids is 1. The molecule has 2 aromatic carbocycles. The van der Waals surface area contributed by atoms with Crippen molar-refractivity contribution in [3.8, 4) is 5.75 Å². The van der Waals surface area contributed by atoms with Gasteiger partial charge in [-0.15, -0.1) is 0 Å². The van der Waals surface area contributed by atoms with Crippen molar-refractivity contribution < 1.29 is 22.3 Å². The predicted octanol–water partition coefficient (Wildman–Crippen LogP) is 2.92. The average molecular weight is 349 g/mol. The quantitative estimate of drug-likeness (QED) is 0.855. The molecule has 0 aromatic heterocycles. The molecule has 0 radical (unpaired) electrons. The van der Waals surface area contributed by atoms with E-state index in [1.165, 1.54) is 25.3 Å². The van der Waals surface area contributed by atoms with Gasteiger partial charge in [-0.2, -0.15) is 0 Å². The molecular formula is C17H16FNO4S. The van der Waals surface area contributed by atoms with E-state index in [2.05, 4.69) is 0 Å². The van der Waals surface area contributed by atoms with E-state index in [0.29, 0.717) is 11.3 Å². The van der Waals surface area contributed by atoms with Crippen LogP contribution in [0.2, 0.25) is 0 Å². The fourth-order valence-corrected chi connectivity index (χ4v) is 4.37. The lowest BCUT2D eigenvalue weighted by Gasteiger charge is -2.29. The van der Waals surface area contributed by atoms with E-state index < -0.39 is 15.8 Å². The minimum Gasteiger partial charge on any atom is -0.496 e. The third-order valence-corrected chi connectivity index (χ3v) is 5.83. The van der Waals surface area contributed by atoms with Crippen molar-refractivity contribution >= 4 is 21.5 Å². The normalized spacial score (nSPS) is 14.5. The number of ketones is 1. The maximum atomic E-state index is 13.4. The molecule has 1 heterocycles. The van der Waals surface area contributed by atoms with Crippen LogP contribution in [0.1, 0.15) is 22.3 Å². The molecule has 1 aliphatic heterocycles. The Kier molecular flexibility index (Phi) is 4.04. The summed E-state index contributed by atoms with van der Waals surface area (Å²) in [4.78, 5) is 12.1. The minimum absolute atomic E-state index is 0.0187. The second kappa shape index (κ2) is 5.90. The van der Waals surface area contributed by atoms with Gasteiger partial charge in [0.15, 0.2) is 5.78 Å². The van der Waals surface area contributed by atoms with Crippen molar-refractivity contribution in [3.05, 3.63) is 53.3 Å². The Morgan fingerprint density at radius 3 is 2.58 bits per heavy atom. The molecule has 0 bridgehead atoms. The molecule has 24 heavy (non-hydrogen) atoms. The van der Waals surface area contributed by atoms with Crippen LogP contribution in [0.5, 0.6) is 5.75 Å². The molecule has 0 aliphatic carbocycles. The van der Waals surface area contributed by atoms with Crippen molar-refractivity contribution in [2.45, 2.75) is 18.2 Å². The van der Waals surface area contributed by atoms with Gasteiger partial charge in [-0.05, 0) is 48.9 Å². The summed E-state index contributed by atoms with van der Waals surface area (Å²) in [6.07, 6.45) is 0.0187. The number of nitrogens with zero attached hydrogens (tertiary/aromatic N) is 1. The molecule has 2 aromatic rings. The van der Waals surface area contributed by atoms with Crippen molar-refractivity contribution in [3.63, 3.8) is 0 Å². The van der Waals surface area contributed by atoms with Crippen LogP contribution in [0.3, 0.4) is 0 Å². The summed E-state index contributed by atoms with van der Waals surface area (Å²) in [5, 5.41) is 0. The first kappa shape index (κ1) is 16.4. The van der Waals surface area contributed by atoms with E-state index in [-0.39, 0.29) is 34.9 Å². The molecular weight excluding hydrogens is 333 g/mol. The van der Waals surface area contributed by atoms with Crippen LogP contribution in [-0.2, 0) is 10.0 Å². The number of ether oxygens (including phenoxy) is 1. The molecule has 1 aliphatic rings. The molecule has 126 valence electrons. The highest BCUT2D eigenvalue weighted by Crippen LogP contribution is 2.33. The average Bonchev–Trinajstić information content (AvgIpc) is 2.55. The molecule has 0 atom stereocenters. The fourth-order valence-electron chi connectivity index (χ4n) is 2.80. The van der Waals surface area contributed by atoms with Gasteiger partial charge in [-0.1, -0.05) is 0 Å². The van der Waals surface area contributed by atoms with E-state index in [1.807, 2.05) is 0 Å². The molecule has 0 amide bonds. The third kappa shape index (κ3) is 2.65. The van der Waals surface area contributed by atoms with Crippen molar-refractivity contribution in [2.75, 3.05) is 18.0 Å². The molecule has 0 N–H and O–H groups in total. The van der Waals surface area contributed by atoms with Crippen LogP contribution in [-0.4, -0.2) is 27.9 Å². The molecule has 0 saturated heterocycles. The SMILES string of the molecule is COc1ccc(S(=O)(=O)N2CCC(=O)c3cc(F)ccc32)cc1C. The van der Waals surface area contributed by atoms with Gasteiger partial charge in [0, 0.05) is 18.5 Å². The number of aryl methyl sites for hydroxylation is 1. The van der Waals surface area contributed by atoms with Crippen LogP contribution in [0.25, 0.3) is 0 Å². The van der Waals surface area contributed by atoms with Crippen LogP contribution in [0.4, 0.5) is 10.1 Å². The zero-order chi connectivity index (χ0) is 17.5. The van der Waals surface area contributed by atoms with Gasteiger partial charge >= 0.3 is 0 Å². The standard InChI is InChI=1S/C17H16FNO4S/c1-11-9-13(4-6-17(11)23-2)24(21,22)19-8-7-16(20)14-10-12(18)3-5-15(14)19/h3-6,9-10H,7-8H2,1-2H3. The first-order chi connectivity index (χ1) is 11.3. The summed E-state index contributed by atoms with van der Waals surface area (Å²) >= 11 is 0. The number of sulfonamides is 1. The van der Waals surface area contributed by atoms with Crippen LogP contribution >= 0.6 is 0 Å². The topological polar surface area (TPSA) is 63.7 Å². The number of hydrogen-bond donors (Lipinski definition) is 0. The Labute approximate surface area is 139 Å². The highest BCUT2D eigenvalue weighted by Gasteiger charge is 2.32. The number of carbonyl (C=O) groups is 1. The van der Waals surface area contributed by atoms with E-state index >= 15 is 0 Å². The van der Waals surface area contributed by atoms with E-state index in [1.54, 1.807) is 13.0 Å². The maximum absolute atomic E-state index is 13.4. The van der Waals surface area contributed by atoms with E-state index in [0.717, 1.165) is 16.4 Å². The first-order valence-electron chi connectivity index (χ1n) is 7.34. The van der Waals surface area contributed by atoms with Crippen LogP contribution in [0, 0.1) is 12.7 Å². The van der Waals surface area contributed by atoms with Crippen LogP contribution in [0.15, 0.2) is 41.3 Å². The number of methoxy groups -OCH3 is 1. The lowest BCUT2D eigenvalue weighted by Crippen LogP contribution is -2.37. The number of fused-ring (bicyclic) bond motifs is 1. The van der Waals surface area contributed by atoms with Gasteiger partial charge in [0.1, 0.15) is 11.6 Å². The highest BCUT2D eigenvalue weighted by atomic mass is 32.2. The van der Waals surface area contributed by atoms with Crippen molar-refractivity contribution in [1.29, 1.82) is 0 Å². The second-order valence-electron chi connectivity index (χ2n) is 5.54. The largest absolute Gasteiger partial charge is 0.496 e. The number of halogens is 1. The van der Waals surface area contributed by atoms with Gasteiger partial charge in [-0.25, -0.2) is 12.8 Å². The molecule has 5 nitrogen and oxygen atoms in total. The molecule has 0 saturated carbocycles. The van der Waals surface area contributed by atoms with Gasteiger partial charge in [-0.3, -0.25) is 9.10 Å². The van der Waals surface area contributed by atoms with Gasteiger partial charge in [0.2, 0.25) is 0 Å². The molecule has 0 fully saturated rings. The number of rotatable bonds is 3. The highest BCUT2D eigenvalue weighted by molar-refractivity contribution is 7.92. The Balaban J connectivity index is 2.10. The zero-order valence-electron chi connectivity index (χ0n) is 13.2. The lowest BCUT2D eigenvalue weighted by molar-refractivity contribution is 0.0981. The maximum Gasteiger partial charge on any atom is 0.264 e. The Morgan fingerprint density at radius 2 is 1.92 bits per heavy atom. The fraction of sp³-hybridized carbons (Fsp3) is 0.235. The summed E-state index contributed by atoms with van der Waals surface area (Å²) in [6.45, 7) is 1.78. The first-order valence-corrected chi connectivity index (χ1v) is 8.79. The van der Waals surface area contributed by atoms with E-state index in [4.69, 9.17) is 4.74 Å². The summed E-state index contributed by atoms with van der Waals surface area (Å²) in [5.74, 6) is -0.242. The predicted molar refractivity (Wildman–Crippen MR) is 87.6 cm³/mol. The summed E-state index contributed by atoms with van der Waals surface area (Å²) in [7, 11) is -2.34. The number of hydrogen-bond acceptors (Lipinski definition) is 4. The molecule has 3 rings (SSSR count). The van der Waals surface area contributed by atoms with Gasteiger partial charge < -0.3 is 4.74 Å². The Hall–Kier alpha value is -2.41. The van der Waals surface area contributed by atoms with Crippen molar-refractivity contribution in [2.24, 2.45) is 0 Å². The van der Waals surface area contributed by atoms with Gasteiger partial charge in [0.05, 0.1) is 17.7 Å². The van der Waals surface area contributed by atoms with Crippen LogP contribution < -0.4 is 9.04 Å². The molecule has 0 spiro atoms. The Bertz CT molecular complexity index is 924. The smallest absolute Gasteiger partial charge is 0.264 e. The third-order valence-electron chi connectivity index (χ3n) is 4.02. The van der Waals surface area contributed by atoms with Gasteiger partial charge in [0.25, 0.3) is 10.0 Å². The number of benzene rings is 2. The monoisotopic (exact) mass is 349 g/mol. The zero-order valence-corrected chi connectivity index (χ0v) is 14.1. The summed E-state index contributed by atoms with van der Waals surface area (Å²) < 4.78 is 45.7. The minimum atomic E-state index is -3.86. The number of Topliss-reactive ketones (excluding diaryl/α,β-unsaturated/α-hetero) is 1. The van der Waals surface area contributed by atoms with E-state index in [9.17, 15) is 17.6 Å².